The van der Waals surface area contributed by atoms with Crippen LogP contribution in [0.2, 0.25) is 0 Å². The Bertz CT molecular complexity index is 346. The first kappa shape index (κ1) is 10.3. The lowest BCUT2D eigenvalue weighted by atomic mass is 9.94. The number of piperidine rings is 1. The maximum Gasteiger partial charge on any atom is 0.0534 e. The number of nitrogens with one attached hydrogen (secondary N) is 1. The zero-order valence-corrected chi connectivity index (χ0v) is 9.89. The first-order valence-corrected chi connectivity index (χ1v) is 6.24. The fourth-order valence-corrected chi connectivity index (χ4v) is 3.08. The Hall–Kier alpha value is -0.870. The summed E-state index contributed by atoms with van der Waals surface area (Å²) in [5.74, 6) is 0.880. The summed E-state index contributed by atoms with van der Waals surface area (Å²) in [6.07, 6.45) is 6.86. The number of fused-ring (bicyclic) bond motifs is 1. The van der Waals surface area contributed by atoms with Crippen molar-refractivity contribution in [3.63, 3.8) is 0 Å². The molecule has 2 aliphatic rings. The summed E-state index contributed by atoms with van der Waals surface area (Å²) < 4.78 is 1.89. The number of rotatable bonds is 2. The molecule has 16 heavy (non-hydrogen) atoms. The summed E-state index contributed by atoms with van der Waals surface area (Å²) in [5, 5.41) is 7.86. The molecular formula is C12H20N4. The minimum absolute atomic E-state index is 0.741. The first-order valence-electron chi connectivity index (χ1n) is 6.24. The van der Waals surface area contributed by atoms with Crippen LogP contribution in [0.4, 0.5) is 0 Å². The monoisotopic (exact) mass is 220 g/mol. The van der Waals surface area contributed by atoms with Gasteiger partial charge in [-0.3, -0.25) is 9.58 Å². The van der Waals surface area contributed by atoms with Gasteiger partial charge in [0.1, 0.15) is 0 Å². The molecule has 88 valence electrons. The third kappa shape index (κ3) is 1.99. The predicted molar refractivity (Wildman–Crippen MR) is 63.0 cm³/mol. The van der Waals surface area contributed by atoms with Crippen molar-refractivity contribution in [3.05, 3.63) is 18.0 Å². The molecule has 0 saturated carbocycles. The van der Waals surface area contributed by atoms with Crippen molar-refractivity contribution in [2.75, 3.05) is 19.6 Å². The smallest absolute Gasteiger partial charge is 0.0534 e. The molecule has 0 aliphatic carbocycles. The zero-order valence-electron chi connectivity index (χ0n) is 9.89. The molecule has 2 fully saturated rings. The number of hydrogen-bond donors (Lipinski definition) is 1. The van der Waals surface area contributed by atoms with E-state index in [4.69, 9.17) is 0 Å². The second-order valence-corrected chi connectivity index (χ2v) is 5.18. The molecule has 2 atom stereocenters. The normalized spacial score (nSPS) is 30.6. The van der Waals surface area contributed by atoms with Crippen molar-refractivity contribution in [3.8, 4) is 0 Å². The van der Waals surface area contributed by atoms with Gasteiger partial charge in [-0.1, -0.05) is 0 Å². The minimum Gasteiger partial charge on any atom is -0.312 e. The number of nitrogens with zero attached hydrogens (tertiary/aromatic N) is 3. The van der Waals surface area contributed by atoms with Crippen molar-refractivity contribution in [2.45, 2.75) is 25.4 Å². The van der Waals surface area contributed by atoms with E-state index >= 15 is 0 Å². The maximum atomic E-state index is 4.22. The van der Waals surface area contributed by atoms with Gasteiger partial charge in [0.2, 0.25) is 0 Å². The molecule has 0 amide bonds. The Labute approximate surface area is 96.6 Å². The van der Waals surface area contributed by atoms with Crippen LogP contribution < -0.4 is 5.32 Å². The van der Waals surface area contributed by atoms with Crippen molar-refractivity contribution in [2.24, 2.45) is 13.0 Å². The van der Waals surface area contributed by atoms with Gasteiger partial charge in [0.05, 0.1) is 6.20 Å². The van der Waals surface area contributed by atoms with Gasteiger partial charge in [0, 0.05) is 44.5 Å². The molecule has 0 radical (unpaired) electrons. The molecule has 2 unspecified atom stereocenters. The van der Waals surface area contributed by atoms with Crippen LogP contribution in [-0.4, -0.2) is 40.4 Å². The van der Waals surface area contributed by atoms with Gasteiger partial charge in [0.25, 0.3) is 0 Å². The van der Waals surface area contributed by atoms with E-state index in [0.29, 0.717) is 0 Å². The van der Waals surface area contributed by atoms with Crippen LogP contribution in [0.15, 0.2) is 12.4 Å². The summed E-state index contributed by atoms with van der Waals surface area (Å²) in [4.78, 5) is 2.56. The van der Waals surface area contributed by atoms with Crippen molar-refractivity contribution >= 4 is 0 Å². The van der Waals surface area contributed by atoms with E-state index in [1.165, 1.54) is 38.0 Å². The third-order valence-electron chi connectivity index (χ3n) is 3.84. The van der Waals surface area contributed by atoms with E-state index in [-0.39, 0.29) is 0 Å². The van der Waals surface area contributed by atoms with Crippen molar-refractivity contribution < 1.29 is 0 Å². The standard InChI is InChI=1S/C12H20N4/c1-15-6-10(5-14-15)7-16-8-11-3-2-4-13-12(11)9-16/h5-6,11-13H,2-4,7-9H2,1H3. The van der Waals surface area contributed by atoms with E-state index in [1.807, 2.05) is 17.9 Å². The average molecular weight is 220 g/mol. The number of aryl methyl sites for hydroxylation is 1. The molecule has 4 heteroatoms. The second kappa shape index (κ2) is 4.18. The molecule has 1 aromatic heterocycles. The third-order valence-corrected chi connectivity index (χ3v) is 3.84. The quantitative estimate of drug-likeness (QED) is 0.792. The van der Waals surface area contributed by atoms with E-state index < -0.39 is 0 Å². The van der Waals surface area contributed by atoms with Gasteiger partial charge in [-0.15, -0.1) is 0 Å². The number of aromatic nitrogens is 2. The molecule has 0 spiro atoms. The highest BCUT2D eigenvalue weighted by Gasteiger charge is 2.33. The summed E-state index contributed by atoms with van der Waals surface area (Å²) in [6.45, 7) is 4.73. The van der Waals surface area contributed by atoms with Gasteiger partial charge < -0.3 is 5.32 Å². The number of likely N-dealkylation sites (tertiary alicyclic amines) is 1. The maximum absolute atomic E-state index is 4.22. The molecular weight excluding hydrogens is 200 g/mol. The van der Waals surface area contributed by atoms with Gasteiger partial charge >= 0.3 is 0 Å². The van der Waals surface area contributed by atoms with E-state index in [2.05, 4.69) is 21.5 Å². The van der Waals surface area contributed by atoms with Crippen molar-refractivity contribution in [1.29, 1.82) is 0 Å². The molecule has 3 rings (SSSR count). The zero-order chi connectivity index (χ0) is 11.0. The molecule has 4 nitrogen and oxygen atoms in total. The van der Waals surface area contributed by atoms with Crippen LogP contribution in [0.5, 0.6) is 0 Å². The fourth-order valence-electron chi connectivity index (χ4n) is 3.08. The largest absolute Gasteiger partial charge is 0.312 e. The Kier molecular flexibility index (Phi) is 2.69. The average Bonchev–Trinajstić information content (AvgIpc) is 2.84. The number of hydrogen-bond acceptors (Lipinski definition) is 3. The summed E-state index contributed by atoms with van der Waals surface area (Å²) in [5.41, 5.74) is 1.33. The van der Waals surface area contributed by atoms with Crippen LogP contribution in [0, 0.1) is 5.92 Å². The Balaban J connectivity index is 1.61. The molecule has 1 N–H and O–H groups in total. The molecule has 0 aromatic carbocycles. The topological polar surface area (TPSA) is 33.1 Å². The summed E-state index contributed by atoms with van der Waals surface area (Å²) in [7, 11) is 1.98. The summed E-state index contributed by atoms with van der Waals surface area (Å²) in [6, 6.07) is 0.741. The molecule has 2 aliphatic heterocycles. The molecule has 1 aromatic rings. The van der Waals surface area contributed by atoms with Crippen molar-refractivity contribution in [1.82, 2.24) is 20.0 Å². The minimum atomic E-state index is 0.741. The first-order chi connectivity index (χ1) is 7.81. The molecule has 3 heterocycles. The van der Waals surface area contributed by atoms with E-state index in [0.717, 1.165) is 18.5 Å². The Morgan fingerprint density at radius 1 is 1.50 bits per heavy atom. The van der Waals surface area contributed by atoms with Crippen LogP contribution in [-0.2, 0) is 13.6 Å². The van der Waals surface area contributed by atoms with Crippen LogP contribution in [0.3, 0.4) is 0 Å². The van der Waals surface area contributed by atoms with E-state index in [1.54, 1.807) is 0 Å². The Morgan fingerprint density at radius 2 is 2.44 bits per heavy atom. The highest BCUT2D eigenvalue weighted by Crippen LogP contribution is 2.25. The molecule has 0 bridgehead atoms. The van der Waals surface area contributed by atoms with Crippen LogP contribution in [0.1, 0.15) is 18.4 Å². The Morgan fingerprint density at radius 3 is 3.19 bits per heavy atom. The van der Waals surface area contributed by atoms with Crippen LogP contribution in [0.25, 0.3) is 0 Å². The van der Waals surface area contributed by atoms with E-state index in [9.17, 15) is 0 Å². The lowest BCUT2D eigenvalue weighted by Crippen LogP contribution is -2.40. The SMILES string of the molecule is Cn1cc(CN2CC3CCCNC3C2)cn1. The van der Waals surface area contributed by atoms with Gasteiger partial charge in [-0.2, -0.15) is 5.10 Å². The lowest BCUT2D eigenvalue weighted by Gasteiger charge is -2.24. The van der Waals surface area contributed by atoms with Gasteiger partial charge in [-0.25, -0.2) is 0 Å². The summed E-state index contributed by atoms with van der Waals surface area (Å²) >= 11 is 0. The highest BCUT2D eigenvalue weighted by atomic mass is 15.3. The predicted octanol–water partition coefficient (Wildman–Crippen LogP) is 0.604. The van der Waals surface area contributed by atoms with Crippen LogP contribution >= 0.6 is 0 Å². The highest BCUT2D eigenvalue weighted by molar-refractivity contribution is 5.05. The fraction of sp³-hybridized carbons (Fsp3) is 0.750. The van der Waals surface area contributed by atoms with Gasteiger partial charge in [-0.05, 0) is 25.3 Å². The second-order valence-electron chi connectivity index (χ2n) is 5.18. The van der Waals surface area contributed by atoms with Gasteiger partial charge in [0.15, 0.2) is 0 Å². The lowest BCUT2D eigenvalue weighted by molar-refractivity contribution is 0.312. The molecule has 2 saturated heterocycles.